The normalized spacial score (nSPS) is 16.9. The maximum Gasteiger partial charge on any atom is 0.214 e. The summed E-state index contributed by atoms with van der Waals surface area (Å²) in [4.78, 5) is 3.51. The second-order valence-electron chi connectivity index (χ2n) is 7.41. The largest absolute Gasteiger partial charge is 0.490 e. The van der Waals surface area contributed by atoms with E-state index in [1.165, 1.54) is 0 Å². The lowest BCUT2D eigenvalue weighted by molar-refractivity contribution is 0.307. The average molecular weight is 411 g/mol. The highest BCUT2D eigenvalue weighted by atomic mass is 32.2. The highest BCUT2D eigenvalue weighted by Gasteiger charge is 2.26. The Kier molecular flexibility index (Phi) is 6.73. The molecule has 6 heteroatoms. The highest BCUT2D eigenvalue weighted by molar-refractivity contribution is 7.90. The van der Waals surface area contributed by atoms with E-state index in [1.807, 2.05) is 42.5 Å². The van der Waals surface area contributed by atoms with Crippen LogP contribution < -0.4 is 9.46 Å². The number of ether oxygens (including phenoxy) is 1. The van der Waals surface area contributed by atoms with Gasteiger partial charge in [0.25, 0.3) is 0 Å². The molecule has 1 N–H and O–H groups in total. The van der Waals surface area contributed by atoms with Crippen LogP contribution in [0.3, 0.4) is 0 Å². The summed E-state index contributed by atoms with van der Waals surface area (Å²) in [5.41, 5.74) is 3.46. The van der Waals surface area contributed by atoms with Crippen molar-refractivity contribution in [1.82, 2.24) is 4.72 Å². The number of para-hydroxylation sites is 1. The lowest BCUT2D eigenvalue weighted by atomic mass is 9.90. The van der Waals surface area contributed by atoms with Crippen LogP contribution in [0.5, 0.6) is 5.75 Å². The van der Waals surface area contributed by atoms with Gasteiger partial charge >= 0.3 is 0 Å². The van der Waals surface area contributed by atoms with Crippen LogP contribution in [0.2, 0.25) is 0 Å². The number of hydrogen-bond acceptors (Lipinski definition) is 3. The maximum atomic E-state index is 12.3. The van der Waals surface area contributed by atoms with Gasteiger partial charge in [0, 0.05) is 6.04 Å². The summed E-state index contributed by atoms with van der Waals surface area (Å²) in [5, 5.41) is -0.459. The van der Waals surface area contributed by atoms with Crippen molar-refractivity contribution in [3.8, 4) is 5.75 Å². The molecular formula is C23H26N2O3S. The van der Waals surface area contributed by atoms with Crippen LogP contribution in [-0.2, 0) is 16.6 Å². The Balaban J connectivity index is 1.71. The zero-order valence-electron chi connectivity index (χ0n) is 16.8. The zero-order valence-corrected chi connectivity index (χ0v) is 17.6. The SMILES string of the molecule is [C-]#[N+]c1ccccc1COc1ccc(C2=CCCCC2NS(=O)(=O)C(C)C)cc1. The van der Waals surface area contributed by atoms with E-state index < -0.39 is 15.3 Å². The number of sulfonamides is 1. The van der Waals surface area contributed by atoms with Gasteiger partial charge in [0.05, 0.1) is 11.8 Å². The average Bonchev–Trinajstić information content (AvgIpc) is 2.73. The van der Waals surface area contributed by atoms with Crippen LogP contribution in [0.4, 0.5) is 5.69 Å². The number of benzene rings is 2. The fraction of sp³-hybridized carbons (Fsp3) is 0.348. The van der Waals surface area contributed by atoms with Gasteiger partial charge in [-0.1, -0.05) is 42.5 Å². The molecule has 0 aliphatic heterocycles. The van der Waals surface area contributed by atoms with Gasteiger partial charge in [-0.25, -0.2) is 18.0 Å². The van der Waals surface area contributed by atoms with Crippen molar-refractivity contribution in [1.29, 1.82) is 0 Å². The number of rotatable bonds is 7. The van der Waals surface area contributed by atoms with Gasteiger partial charge in [0.15, 0.2) is 5.69 Å². The van der Waals surface area contributed by atoms with Crippen LogP contribution in [0.25, 0.3) is 10.4 Å². The van der Waals surface area contributed by atoms with Crippen molar-refractivity contribution in [2.45, 2.75) is 51.0 Å². The first kappa shape index (κ1) is 21.1. The molecule has 1 unspecified atom stereocenters. The molecule has 2 aromatic rings. The van der Waals surface area contributed by atoms with E-state index >= 15 is 0 Å². The Hall–Kier alpha value is -2.62. The summed E-state index contributed by atoms with van der Waals surface area (Å²) in [7, 11) is -3.33. The molecule has 2 aromatic carbocycles. The third-order valence-corrected chi connectivity index (χ3v) is 6.91. The van der Waals surface area contributed by atoms with Crippen LogP contribution in [-0.4, -0.2) is 19.7 Å². The molecule has 1 aliphatic carbocycles. The monoisotopic (exact) mass is 410 g/mol. The topological polar surface area (TPSA) is 59.8 Å². The van der Waals surface area contributed by atoms with Gasteiger partial charge < -0.3 is 4.74 Å². The van der Waals surface area contributed by atoms with E-state index in [9.17, 15) is 8.42 Å². The summed E-state index contributed by atoms with van der Waals surface area (Å²) >= 11 is 0. The second kappa shape index (κ2) is 9.25. The molecule has 0 fully saturated rings. The van der Waals surface area contributed by atoms with Crippen molar-refractivity contribution in [2.75, 3.05) is 0 Å². The molecule has 1 atom stereocenters. The minimum Gasteiger partial charge on any atom is -0.490 e. The Morgan fingerprint density at radius 2 is 1.90 bits per heavy atom. The molecule has 0 bridgehead atoms. The van der Waals surface area contributed by atoms with E-state index in [0.29, 0.717) is 18.0 Å². The molecule has 29 heavy (non-hydrogen) atoms. The van der Waals surface area contributed by atoms with Crippen LogP contribution in [0.1, 0.15) is 44.2 Å². The smallest absolute Gasteiger partial charge is 0.214 e. The Morgan fingerprint density at radius 1 is 1.17 bits per heavy atom. The lowest BCUT2D eigenvalue weighted by Gasteiger charge is -2.26. The first-order valence-electron chi connectivity index (χ1n) is 9.80. The molecule has 0 radical (unpaired) electrons. The minimum absolute atomic E-state index is 0.200. The summed E-state index contributed by atoms with van der Waals surface area (Å²) in [6, 6.07) is 14.9. The first-order chi connectivity index (χ1) is 13.9. The highest BCUT2D eigenvalue weighted by Crippen LogP contribution is 2.30. The maximum absolute atomic E-state index is 12.3. The summed E-state index contributed by atoms with van der Waals surface area (Å²) in [5.74, 6) is 0.712. The number of allylic oxidation sites excluding steroid dienone is 1. The lowest BCUT2D eigenvalue weighted by Crippen LogP contribution is -2.40. The molecule has 0 aromatic heterocycles. The summed E-state index contributed by atoms with van der Waals surface area (Å²) in [6.07, 6.45) is 4.83. The van der Waals surface area contributed by atoms with Crippen molar-refractivity contribution in [2.24, 2.45) is 0 Å². The van der Waals surface area contributed by atoms with Gasteiger partial charge in [-0.3, -0.25) is 0 Å². The van der Waals surface area contributed by atoms with Crippen LogP contribution in [0, 0.1) is 6.57 Å². The summed E-state index contributed by atoms with van der Waals surface area (Å²) in [6.45, 7) is 10.9. The molecule has 5 nitrogen and oxygen atoms in total. The molecular weight excluding hydrogens is 384 g/mol. The van der Waals surface area contributed by atoms with Crippen molar-refractivity contribution in [3.05, 3.63) is 77.2 Å². The predicted octanol–water partition coefficient (Wildman–Crippen LogP) is 5.08. The third-order valence-electron chi connectivity index (χ3n) is 5.06. The minimum atomic E-state index is -3.33. The van der Waals surface area contributed by atoms with Crippen molar-refractivity contribution in [3.63, 3.8) is 0 Å². The van der Waals surface area contributed by atoms with E-state index in [1.54, 1.807) is 19.9 Å². The van der Waals surface area contributed by atoms with Crippen molar-refractivity contribution < 1.29 is 13.2 Å². The van der Waals surface area contributed by atoms with E-state index in [4.69, 9.17) is 11.3 Å². The number of nitrogens with one attached hydrogen (secondary N) is 1. The fourth-order valence-electron chi connectivity index (χ4n) is 3.30. The molecule has 0 heterocycles. The van der Waals surface area contributed by atoms with Crippen LogP contribution in [0.15, 0.2) is 54.6 Å². The Morgan fingerprint density at radius 3 is 2.59 bits per heavy atom. The second-order valence-corrected chi connectivity index (χ2v) is 9.68. The van der Waals surface area contributed by atoms with Gasteiger partial charge in [0.1, 0.15) is 12.4 Å². The molecule has 3 rings (SSSR count). The molecule has 1 aliphatic rings. The van der Waals surface area contributed by atoms with Crippen molar-refractivity contribution >= 4 is 21.3 Å². The standard InChI is InChI=1S/C23H26N2O3S/c1-17(2)29(26,27)25-23-11-7-5-9-21(23)18-12-14-20(15-13-18)28-16-19-8-4-6-10-22(19)24-3/h4,6,8-10,12-15,17,23,25H,5,7,11,16H2,1-2H3. The number of nitrogens with zero attached hydrogens (tertiary/aromatic N) is 1. The Bertz CT molecular complexity index is 1020. The molecule has 0 saturated heterocycles. The van der Waals surface area contributed by atoms with Gasteiger partial charge in [-0.15, -0.1) is 0 Å². The van der Waals surface area contributed by atoms with E-state index in [-0.39, 0.29) is 6.04 Å². The molecule has 0 spiro atoms. The number of hydrogen-bond donors (Lipinski definition) is 1. The first-order valence-corrected chi connectivity index (χ1v) is 11.3. The quantitative estimate of drug-likeness (QED) is 0.648. The molecule has 0 amide bonds. The van der Waals surface area contributed by atoms with Gasteiger partial charge in [-0.05, 0) is 61.9 Å². The zero-order chi connectivity index (χ0) is 20.9. The molecule has 0 saturated carbocycles. The Labute approximate surface area is 173 Å². The van der Waals surface area contributed by atoms with Gasteiger partial charge in [-0.2, -0.15) is 0 Å². The molecule has 152 valence electrons. The predicted molar refractivity (Wildman–Crippen MR) is 116 cm³/mol. The fourth-order valence-corrected chi connectivity index (χ4v) is 4.21. The third kappa shape index (κ3) is 5.26. The van der Waals surface area contributed by atoms with Gasteiger partial charge in [0.2, 0.25) is 10.0 Å². The van der Waals surface area contributed by atoms with E-state index in [2.05, 4.69) is 15.6 Å². The summed E-state index contributed by atoms with van der Waals surface area (Å²) < 4.78 is 33.3. The van der Waals surface area contributed by atoms with E-state index in [0.717, 1.165) is 36.0 Å². The van der Waals surface area contributed by atoms with Crippen LogP contribution >= 0.6 is 0 Å².